The van der Waals surface area contributed by atoms with E-state index < -0.39 is 8.32 Å². The molecule has 12 heteroatoms. The summed E-state index contributed by atoms with van der Waals surface area (Å²) in [4.78, 5) is 24.2. The van der Waals surface area contributed by atoms with Crippen molar-refractivity contribution in [3.05, 3.63) is 86.4 Å². The Morgan fingerprint density at radius 1 is 1.14 bits per heavy atom. The Bertz CT molecular complexity index is 1850. The molecule has 0 saturated carbocycles. The molecule has 3 N–H and O–H groups in total. The molecule has 2 aromatic heterocycles. The number of ether oxygens (including phenoxy) is 1. The molecule has 2 aromatic carbocycles. The average molecular weight is 722 g/mol. The number of morpholine rings is 1. The summed E-state index contributed by atoms with van der Waals surface area (Å²) in [6, 6.07) is 13.1. The third-order valence-electron chi connectivity index (χ3n) is 10.8. The van der Waals surface area contributed by atoms with Crippen LogP contribution in [0.1, 0.15) is 62.0 Å². The number of benzene rings is 2. The predicted octanol–water partition coefficient (Wildman–Crippen LogP) is 6.90. The number of halogens is 1. The van der Waals surface area contributed by atoms with Crippen molar-refractivity contribution in [2.24, 2.45) is 0 Å². The van der Waals surface area contributed by atoms with Crippen molar-refractivity contribution < 1.29 is 18.7 Å². The third kappa shape index (κ3) is 8.49. The molecule has 0 unspecified atom stereocenters. The fourth-order valence-electron chi connectivity index (χ4n) is 6.87. The summed E-state index contributed by atoms with van der Waals surface area (Å²) in [5.74, 6) is 0.861. The smallest absolute Gasteiger partial charge is 0.305 e. The second-order valence-electron chi connectivity index (χ2n) is 15.6. The summed E-state index contributed by atoms with van der Waals surface area (Å²) in [5, 5.41) is 13.9. The molecule has 0 radical (unpaired) electrons. The number of H-pyrrole nitrogens is 1. The van der Waals surface area contributed by atoms with Gasteiger partial charge < -0.3 is 29.5 Å². The Hall–Kier alpha value is -3.13. The van der Waals surface area contributed by atoms with Gasteiger partial charge in [0.15, 0.2) is 8.32 Å². The molecular formula is C38H52FN5O4SSi. The Kier molecular flexibility index (Phi) is 10.9. The molecule has 0 aliphatic carbocycles. The maximum absolute atomic E-state index is 14.9. The van der Waals surface area contributed by atoms with Gasteiger partial charge in [-0.25, -0.2) is 9.37 Å². The van der Waals surface area contributed by atoms with Crippen LogP contribution in [0.4, 0.5) is 10.2 Å². The minimum absolute atomic E-state index is 0.0118. The summed E-state index contributed by atoms with van der Waals surface area (Å²) in [5.41, 5.74) is 4.31. The largest absolute Gasteiger partial charge is 0.506 e. The Balaban J connectivity index is 1.06. The number of fused-ring (bicyclic) bond motifs is 1. The number of nitrogens with one attached hydrogen (secondary N) is 2. The SMILES string of the molecule is Cc1ccnc(N2CCOC3(CCN(Cc4cc(F)cc(CCNC[C@H](O[Si](C)(C)C(C)(C)C)c5ccc(O)c6[nH]c(=O)sc56)c4)CC3)C2)c1. The molecule has 4 heterocycles. The molecule has 2 aliphatic heterocycles. The van der Waals surface area contributed by atoms with Gasteiger partial charge in [-0.1, -0.05) is 44.2 Å². The van der Waals surface area contributed by atoms with Gasteiger partial charge in [0.2, 0.25) is 0 Å². The van der Waals surface area contributed by atoms with Crippen molar-refractivity contribution in [1.82, 2.24) is 20.2 Å². The fraction of sp³-hybridized carbons (Fsp3) is 0.526. The molecule has 1 atom stereocenters. The number of rotatable bonds is 11. The van der Waals surface area contributed by atoms with E-state index >= 15 is 0 Å². The minimum Gasteiger partial charge on any atom is -0.506 e. The lowest BCUT2D eigenvalue weighted by molar-refractivity contribution is -0.0922. The second-order valence-corrected chi connectivity index (χ2v) is 21.3. The van der Waals surface area contributed by atoms with Crippen LogP contribution in [0.3, 0.4) is 0 Å². The molecule has 4 aromatic rings. The van der Waals surface area contributed by atoms with Gasteiger partial charge in [-0.3, -0.25) is 9.69 Å². The van der Waals surface area contributed by atoms with E-state index in [0.29, 0.717) is 38.2 Å². The normalized spacial score (nSPS) is 17.9. The van der Waals surface area contributed by atoms with E-state index in [1.165, 1.54) is 5.56 Å². The van der Waals surface area contributed by atoms with E-state index in [-0.39, 0.29) is 33.2 Å². The number of aromatic amines is 1. The molecule has 0 bridgehead atoms. The topological polar surface area (TPSA) is 103 Å². The molecule has 270 valence electrons. The molecule has 0 amide bonds. The molecular weight excluding hydrogens is 670 g/mol. The summed E-state index contributed by atoms with van der Waals surface area (Å²) in [7, 11) is -2.19. The number of hydrogen-bond donors (Lipinski definition) is 3. The molecule has 6 rings (SSSR count). The highest BCUT2D eigenvalue weighted by atomic mass is 32.1. The summed E-state index contributed by atoms with van der Waals surface area (Å²) < 4.78 is 28.9. The van der Waals surface area contributed by atoms with Crippen molar-refractivity contribution >= 4 is 35.7 Å². The average Bonchev–Trinajstić information content (AvgIpc) is 3.45. The van der Waals surface area contributed by atoms with Crippen LogP contribution in [0.5, 0.6) is 5.75 Å². The van der Waals surface area contributed by atoms with Gasteiger partial charge in [0.25, 0.3) is 0 Å². The molecule has 2 aliphatic rings. The van der Waals surface area contributed by atoms with E-state index in [0.717, 1.165) is 77.6 Å². The minimum atomic E-state index is -2.19. The first-order valence-corrected chi connectivity index (χ1v) is 21.5. The van der Waals surface area contributed by atoms with Crippen LogP contribution in [0.25, 0.3) is 10.2 Å². The maximum atomic E-state index is 14.9. The number of aryl methyl sites for hydroxylation is 1. The van der Waals surface area contributed by atoms with Crippen LogP contribution in [-0.4, -0.2) is 79.8 Å². The first kappa shape index (κ1) is 36.7. The van der Waals surface area contributed by atoms with E-state index in [2.05, 4.69) is 78.0 Å². The number of phenols is 1. The second kappa shape index (κ2) is 14.8. The van der Waals surface area contributed by atoms with Crippen LogP contribution < -0.4 is 15.1 Å². The van der Waals surface area contributed by atoms with Gasteiger partial charge in [-0.05, 0) is 97.9 Å². The van der Waals surface area contributed by atoms with Crippen LogP contribution >= 0.6 is 11.3 Å². The number of nitrogens with zero attached hydrogens (tertiary/aromatic N) is 3. The van der Waals surface area contributed by atoms with Crippen LogP contribution in [0.2, 0.25) is 18.1 Å². The summed E-state index contributed by atoms with van der Waals surface area (Å²) in [6.07, 6.45) is 4.10. The first-order chi connectivity index (χ1) is 23.7. The maximum Gasteiger partial charge on any atom is 0.305 e. The standard InChI is InChI=1S/C38H52FN5O4SSi/c1-26-9-14-41-33(19-26)44-17-18-47-38(25-44)11-15-43(16-12-38)24-28-20-27(21-29(39)22-28)10-13-40-23-32(48-50(5,6)37(2,3)4)30-7-8-31(45)34-35(30)49-36(46)42-34/h7-9,14,19-22,32,40,45H,10-13,15-18,23-25H2,1-6H3,(H,42,46)/t32-/m0/s1. The van der Waals surface area contributed by atoms with Gasteiger partial charge in [-0.2, -0.15) is 0 Å². The predicted molar refractivity (Wildman–Crippen MR) is 202 cm³/mol. The lowest BCUT2D eigenvalue weighted by Gasteiger charge is -2.47. The number of piperidine rings is 1. The quantitative estimate of drug-likeness (QED) is 0.114. The molecule has 2 saturated heterocycles. The number of pyridine rings is 1. The van der Waals surface area contributed by atoms with Gasteiger partial charge in [0.1, 0.15) is 22.9 Å². The van der Waals surface area contributed by atoms with Crippen molar-refractivity contribution in [2.45, 2.75) is 83.3 Å². The highest BCUT2D eigenvalue weighted by Gasteiger charge is 2.41. The van der Waals surface area contributed by atoms with E-state index in [9.17, 15) is 14.3 Å². The summed E-state index contributed by atoms with van der Waals surface area (Å²) >= 11 is 1.09. The number of aromatic hydroxyl groups is 1. The van der Waals surface area contributed by atoms with Crippen LogP contribution in [-0.2, 0) is 22.1 Å². The van der Waals surface area contributed by atoms with E-state index in [4.69, 9.17) is 9.16 Å². The number of thiazole rings is 1. The Morgan fingerprint density at radius 2 is 1.90 bits per heavy atom. The third-order valence-corrected chi connectivity index (χ3v) is 16.2. The number of aromatic nitrogens is 2. The monoisotopic (exact) mass is 721 g/mol. The van der Waals surface area contributed by atoms with Gasteiger partial charge >= 0.3 is 4.87 Å². The molecule has 1 spiro atoms. The lowest BCUT2D eigenvalue weighted by atomic mass is 9.89. The number of anilines is 1. The van der Waals surface area contributed by atoms with Gasteiger partial charge in [-0.15, -0.1) is 0 Å². The zero-order valence-corrected chi connectivity index (χ0v) is 32.1. The zero-order chi connectivity index (χ0) is 35.7. The first-order valence-electron chi connectivity index (χ1n) is 17.8. The fourth-order valence-corrected chi connectivity index (χ4v) is 9.06. The van der Waals surface area contributed by atoms with Crippen molar-refractivity contribution in [2.75, 3.05) is 50.8 Å². The highest BCUT2D eigenvalue weighted by Crippen LogP contribution is 2.41. The lowest BCUT2D eigenvalue weighted by Crippen LogP contribution is -2.57. The van der Waals surface area contributed by atoms with Gasteiger partial charge in [0, 0.05) is 51.0 Å². The molecule has 50 heavy (non-hydrogen) atoms. The number of likely N-dealkylation sites (tertiary alicyclic amines) is 1. The Labute approximate surface area is 300 Å². The number of hydrogen-bond acceptors (Lipinski definition) is 9. The van der Waals surface area contributed by atoms with Crippen molar-refractivity contribution in [3.8, 4) is 5.75 Å². The highest BCUT2D eigenvalue weighted by molar-refractivity contribution is 7.16. The van der Waals surface area contributed by atoms with Crippen molar-refractivity contribution in [1.29, 1.82) is 0 Å². The molecule has 2 fully saturated rings. The zero-order valence-electron chi connectivity index (χ0n) is 30.3. The Morgan fingerprint density at radius 3 is 2.64 bits per heavy atom. The number of phenolic OH excluding ortho intramolecular Hbond substituents is 1. The van der Waals surface area contributed by atoms with E-state index in [1.54, 1.807) is 18.2 Å². The molecule has 9 nitrogen and oxygen atoms in total. The van der Waals surface area contributed by atoms with Crippen molar-refractivity contribution in [3.63, 3.8) is 0 Å². The summed E-state index contributed by atoms with van der Waals surface area (Å²) in [6.45, 7) is 19.2. The van der Waals surface area contributed by atoms with Crippen LogP contribution in [0.15, 0.2) is 53.5 Å². The van der Waals surface area contributed by atoms with E-state index in [1.807, 2.05) is 18.3 Å². The van der Waals surface area contributed by atoms with Crippen LogP contribution in [0, 0.1) is 12.7 Å². The van der Waals surface area contributed by atoms with Gasteiger partial charge in [0.05, 0.1) is 23.0 Å².